The Morgan fingerprint density at radius 2 is 1.64 bits per heavy atom. The van der Waals surface area contributed by atoms with Crippen LogP contribution in [0, 0.1) is 0 Å². The second-order valence-electron chi connectivity index (χ2n) is 5.73. The van der Waals surface area contributed by atoms with E-state index in [-0.39, 0.29) is 28.1 Å². The number of ketones is 1. The average Bonchev–Trinajstić information content (AvgIpc) is 2.71. The van der Waals surface area contributed by atoms with Gasteiger partial charge < -0.3 is 19.9 Å². The summed E-state index contributed by atoms with van der Waals surface area (Å²) in [5.41, 5.74) is 6.43. The summed E-state index contributed by atoms with van der Waals surface area (Å²) in [6.45, 7) is -0.511. The monoisotopic (exact) mass is 381 g/mol. The van der Waals surface area contributed by atoms with Gasteiger partial charge in [0.15, 0.2) is 6.61 Å². The zero-order valence-corrected chi connectivity index (χ0v) is 14.8. The molecule has 3 rings (SSSR count). The number of methoxy groups -OCH3 is 1. The molecule has 0 spiro atoms. The molecule has 28 heavy (non-hydrogen) atoms. The van der Waals surface area contributed by atoms with Crippen LogP contribution in [0.15, 0.2) is 54.1 Å². The van der Waals surface area contributed by atoms with Crippen LogP contribution in [0.3, 0.4) is 0 Å². The van der Waals surface area contributed by atoms with Gasteiger partial charge in [-0.3, -0.25) is 4.79 Å². The van der Waals surface area contributed by atoms with Crippen molar-refractivity contribution in [2.45, 2.75) is 0 Å². The van der Waals surface area contributed by atoms with Gasteiger partial charge in [0.25, 0.3) is 0 Å². The number of carbonyl (C=O) groups excluding carboxylic acids is 4. The van der Waals surface area contributed by atoms with Gasteiger partial charge in [-0.1, -0.05) is 24.3 Å². The van der Waals surface area contributed by atoms with E-state index in [0.717, 1.165) is 0 Å². The third-order valence-electron chi connectivity index (χ3n) is 4.02. The normalized spacial score (nSPS) is 14.6. The predicted octanol–water partition coefficient (Wildman–Crippen LogP) is 1.49. The molecule has 0 bridgehead atoms. The van der Waals surface area contributed by atoms with E-state index in [1.54, 1.807) is 12.1 Å². The first-order chi connectivity index (χ1) is 13.4. The van der Waals surface area contributed by atoms with Crippen LogP contribution >= 0.6 is 0 Å². The fourth-order valence-corrected chi connectivity index (χ4v) is 2.55. The van der Waals surface area contributed by atoms with Crippen LogP contribution in [0.1, 0.15) is 26.3 Å². The lowest BCUT2D eigenvalue weighted by Gasteiger charge is -2.18. The molecule has 0 fully saturated rings. The summed E-state index contributed by atoms with van der Waals surface area (Å²) >= 11 is 0. The van der Waals surface area contributed by atoms with E-state index in [4.69, 9.17) is 15.2 Å². The summed E-state index contributed by atoms with van der Waals surface area (Å²) in [6.07, 6.45) is 0. The van der Waals surface area contributed by atoms with Crippen molar-refractivity contribution in [3.05, 3.63) is 70.8 Å². The van der Waals surface area contributed by atoms with Gasteiger partial charge in [0.1, 0.15) is 11.3 Å². The van der Waals surface area contributed by atoms with Crippen LogP contribution in [-0.2, 0) is 19.1 Å². The smallest absolute Gasteiger partial charge is 0.349 e. The Labute approximate surface area is 159 Å². The molecule has 0 saturated carbocycles. The van der Waals surface area contributed by atoms with Crippen molar-refractivity contribution in [3.8, 4) is 5.75 Å². The lowest BCUT2D eigenvalue weighted by atomic mass is 9.95. The minimum absolute atomic E-state index is 0.0704. The number of ether oxygens (including phenoxy) is 3. The largest absolute Gasteiger partial charge is 0.466 e. The third-order valence-corrected chi connectivity index (χ3v) is 4.02. The second-order valence-corrected chi connectivity index (χ2v) is 5.73. The molecule has 2 aromatic rings. The Balaban J connectivity index is 1.85. The fourth-order valence-electron chi connectivity index (χ4n) is 2.55. The van der Waals surface area contributed by atoms with Crippen LogP contribution in [-0.4, -0.2) is 37.4 Å². The van der Waals surface area contributed by atoms with Crippen LogP contribution < -0.4 is 10.5 Å². The van der Waals surface area contributed by atoms with Crippen molar-refractivity contribution in [1.82, 2.24) is 0 Å². The predicted molar refractivity (Wildman–Crippen MR) is 96.3 cm³/mol. The van der Waals surface area contributed by atoms with Gasteiger partial charge in [-0.2, -0.15) is 0 Å². The van der Waals surface area contributed by atoms with E-state index in [0.29, 0.717) is 5.56 Å². The number of rotatable bonds is 4. The lowest BCUT2D eigenvalue weighted by molar-refractivity contribution is -0.144. The molecule has 142 valence electrons. The zero-order chi connectivity index (χ0) is 20.3. The van der Waals surface area contributed by atoms with E-state index in [9.17, 15) is 19.2 Å². The Bertz CT molecular complexity index is 1010. The fraction of sp³-hybridized carbons (Fsp3) is 0.100. The quantitative estimate of drug-likeness (QED) is 0.366. The zero-order valence-electron chi connectivity index (χ0n) is 14.8. The van der Waals surface area contributed by atoms with Gasteiger partial charge in [-0.05, 0) is 29.8 Å². The van der Waals surface area contributed by atoms with Crippen LogP contribution in [0.5, 0.6) is 5.75 Å². The van der Waals surface area contributed by atoms with E-state index in [2.05, 4.69) is 4.74 Å². The lowest BCUT2D eigenvalue weighted by Crippen LogP contribution is -2.28. The molecule has 2 N–H and O–H groups in total. The van der Waals surface area contributed by atoms with Gasteiger partial charge in [0.2, 0.25) is 5.78 Å². The molecule has 0 aliphatic carbocycles. The standard InChI is InChI=1S/C20H15NO7/c1-26-15(22)10-27-19(24)12-8-6-11(7-9-12)17(21)16-18(23)13-4-2-3-5-14(13)28-20(16)25/h2-9H,10,21H2,1H3/b17-16-. The molecule has 0 radical (unpaired) electrons. The molecule has 8 nitrogen and oxygen atoms in total. The Kier molecular flexibility index (Phi) is 5.21. The summed E-state index contributed by atoms with van der Waals surface area (Å²) in [6, 6.07) is 12.1. The van der Waals surface area contributed by atoms with Gasteiger partial charge in [0.05, 0.1) is 23.9 Å². The molecule has 1 aliphatic heterocycles. The highest BCUT2D eigenvalue weighted by Gasteiger charge is 2.33. The third kappa shape index (κ3) is 3.61. The first kappa shape index (κ1) is 18.8. The summed E-state index contributed by atoms with van der Waals surface area (Å²) in [5.74, 6) is -2.62. The minimum Gasteiger partial charge on any atom is -0.466 e. The molecule has 0 saturated heterocycles. The summed E-state index contributed by atoms with van der Waals surface area (Å²) in [4.78, 5) is 47.8. The van der Waals surface area contributed by atoms with Crippen molar-refractivity contribution in [2.24, 2.45) is 5.73 Å². The number of benzene rings is 2. The summed E-state index contributed by atoms with van der Waals surface area (Å²) < 4.78 is 14.3. The van der Waals surface area contributed by atoms with Crippen molar-refractivity contribution in [3.63, 3.8) is 0 Å². The van der Waals surface area contributed by atoms with Crippen LogP contribution in [0.4, 0.5) is 0 Å². The number of fused-ring (bicyclic) bond motifs is 1. The van der Waals surface area contributed by atoms with E-state index in [1.165, 1.54) is 43.5 Å². The van der Waals surface area contributed by atoms with E-state index < -0.39 is 30.3 Å². The first-order valence-corrected chi connectivity index (χ1v) is 8.12. The maximum absolute atomic E-state index is 12.6. The molecule has 1 aliphatic rings. The van der Waals surface area contributed by atoms with Crippen LogP contribution in [0.25, 0.3) is 5.70 Å². The Morgan fingerprint density at radius 3 is 2.32 bits per heavy atom. The molecule has 0 aromatic heterocycles. The number of hydrogen-bond donors (Lipinski definition) is 1. The maximum Gasteiger partial charge on any atom is 0.349 e. The summed E-state index contributed by atoms with van der Waals surface area (Å²) in [5, 5.41) is 0. The number of nitrogens with two attached hydrogens (primary N) is 1. The topological polar surface area (TPSA) is 122 Å². The van der Waals surface area contributed by atoms with Crippen molar-refractivity contribution >= 4 is 29.4 Å². The number of esters is 3. The molecule has 0 unspecified atom stereocenters. The SMILES string of the molecule is COC(=O)COC(=O)c1ccc(/C(N)=C2/C(=O)Oc3ccccc3C2=O)cc1. The number of para-hydroxylation sites is 1. The second kappa shape index (κ2) is 7.75. The van der Waals surface area contributed by atoms with Gasteiger partial charge in [-0.15, -0.1) is 0 Å². The highest BCUT2D eigenvalue weighted by atomic mass is 16.6. The Hall–Kier alpha value is -3.94. The Morgan fingerprint density at radius 1 is 1.00 bits per heavy atom. The molecule has 2 aromatic carbocycles. The van der Waals surface area contributed by atoms with Crippen molar-refractivity contribution < 1.29 is 33.4 Å². The van der Waals surface area contributed by atoms with E-state index >= 15 is 0 Å². The van der Waals surface area contributed by atoms with Crippen LogP contribution in [0.2, 0.25) is 0 Å². The highest BCUT2D eigenvalue weighted by molar-refractivity contribution is 6.31. The molecule has 0 amide bonds. The first-order valence-electron chi connectivity index (χ1n) is 8.12. The molecule has 0 atom stereocenters. The highest BCUT2D eigenvalue weighted by Crippen LogP contribution is 2.30. The minimum atomic E-state index is -0.845. The van der Waals surface area contributed by atoms with Crippen molar-refractivity contribution in [1.29, 1.82) is 0 Å². The summed E-state index contributed by atoms with van der Waals surface area (Å²) in [7, 11) is 1.18. The van der Waals surface area contributed by atoms with E-state index in [1.807, 2.05) is 0 Å². The maximum atomic E-state index is 12.6. The number of hydrogen-bond acceptors (Lipinski definition) is 8. The van der Waals surface area contributed by atoms with Gasteiger partial charge in [0, 0.05) is 0 Å². The molecule has 1 heterocycles. The van der Waals surface area contributed by atoms with Crippen molar-refractivity contribution in [2.75, 3.05) is 13.7 Å². The molecule has 8 heteroatoms. The molecular formula is C20H15NO7. The van der Waals surface area contributed by atoms with Gasteiger partial charge in [-0.25, -0.2) is 14.4 Å². The molecular weight excluding hydrogens is 366 g/mol. The number of carbonyl (C=O) groups is 4. The van der Waals surface area contributed by atoms with Gasteiger partial charge >= 0.3 is 17.9 Å². The number of Topliss-reactive ketones (excluding diaryl/α,β-unsaturated/α-hetero) is 1. The average molecular weight is 381 g/mol.